The summed E-state index contributed by atoms with van der Waals surface area (Å²) < 4.78 is 5.23. The van der Waals surface area contributed by atoms with E-state index in [1.165, 1.54) is 25.7 Å². The first-order valence-corrected chi connectivity index (χ1v) is 11.4. The zero-order chi connectivity index (χ0) is 22.2. The van der Waals surface area contributed by atoms with E-state index in [0.717, 1.165) is 31.5 Å². The second-order valence-corrected chi connectivity index (χ2v) is 8.68. The van der Waals surface area contributed by atoms with Crippen LogP contribution < -0.4 is 26.0 Å². The number of methoxy groups -OCH3 is 1. The van der Waals surface area contributed by atoms with Gasteiger partial charge in [0, 0.05) is 31.4 Å². The van der Waals surface area contributed by atoms with Crippen LogP contribution in [0.15, 0.2) is 18.2 Å². The molecule has 9 heteroatoms. The summed E-state index contributed by atoms with van der Waals surface area (Å²) in [6.45, 7) is 2.76. The van der Waals surface area contributed by atoms with Crippen molar-refractivity contribution in [2.24, 2.45) is 5.73 Å². The van der Waals surface area contributed by atoms with Gasteiger partial charge < -0.3 is 26.0 Å². The van der Waals surface area contributed by atoms with E-state index in [-0.39, 0.29) is 6.04 Å². The van der Waals surface area contributed by atoms with Crippen molar-refractivity contribution in [3.63, 3.8) is 0 Å². The maximum Gasteiger partial charge on any atom is 0.233 e. The highest BCUT2D eigenvalue weighted by Gasteiger charge is 2.17. The second kappa shape index (κ2) is 11.3. The number of rotatable bonds is 9. The Kier molecular flexibility index (Phi) is 8.54. The molecule has 0 saturated heterocycles. The van der Waals surface area contributed by atoms with Crippen LogP contribution in [0, 0.1) is 0 Å². The molecule has 0 radical (unpaired) electrons. The number of benzene rings is 1. The van der Waals surface area contributed by atoms with E-state index >= 15 is 0 Å². The summed E-state index contributed by atoms with van der Waals surface area (Å²) >= 11 is 6.27. The largest absolute Gasteiger partial charge is 0.495 e. The van der Waals surface area contributed by atoms with Crippen LogP contribution in [0.4, 0.5) is 23.5 Å². The number of hydrogen-bond donors (Lipinski definition) is 3. The summed E-state index contributed by atoms with van der Waals surface area (Å²) in [4.78, 5) is 16.0. The molecule has 2 aromatic rings. The first-order valence-electron chi connectivity index (χ1n) is 11.0. The molecule has 0 spiro atoms. The van der Waals surface area contributed by atoms with Gasteiger partial charge in [0.05, 0.1) is 12.1 Å². The Morgan fingerprint density at radius 2 is 1.87 bits per heavy atom. The lowest BCUT2D eigenvalue weighted by Crippen LogP contribution is -2.28. The highest BCUT2D eigenvalue weighted by molar-refractivity contribution is 6.32. The number of aromatic nitrogens is 3. The number of ether oxygens (including phenoxy) is 1. The lowest BCUT2D eigenvalue weighted by Gasteiger charge is -2.21. The molecule has 0 bridgehead atoms. The molecule has 8 nitrogen and oxygen atoms in total. The summed E-state index contributed by atoms with van der Waals surface area (Å²) in [5.74, 6) is 2.28. The minimum atomic E-state index is 0.118. The van der Waals surface area contributed by atoms with E-state index in [4.69, 9.17) is 22.1 Å². The van der Waals surface area contributed by atoms with Crippen LogP contribution in [-0.4, -0.2) is 47.7 Å². The van der Waals surface area contributed by atoms with Gasteiger partial charge in [0.25, 0.3) is 0 Å². The molecule has 1 atom stereocenters. The Morgan fingerprint density at radius 3 is 2.52 bits per heavy atom. The van der Waals surface area contributed by atoms with Gasteiger partial charge in [-0.05, 0) is 44.4 Å². The number of nitrogens with one attached hydrogen (secondary N) is 2. The fraction of sp³-hybridized carbons (Fsp3) is 0.591. The fourth-order valence-corrected chi connectivity index (χ4v) is 3.89. The summed E-state index contributed by atoms with van der Waals surface area (Å²) in [5.41, 5.74) is 6.71. The molecule has 1 fully saturated rings. The minimum absolute atomic E-state index is 0.118. The Balaban J connectivity index is 1.83. The molecule has 170 valence electrons. The van der Waals surface area contributed by atoms with Crippen molar-refractivity contribution in [1.29, 1.82) is 0 Å². The van der Waals surface area contributed by atoms with Crippen LogP contribution in [0.25, 0.3) is 0 Å². The molecule has 1 aliphatic rings. The molecular weight excluding hydrogens is 414 g/mol. The number of anilines is 4. The normalized spacial score (nSPS) is 15.8. The third-order valence-electron chi connectivity index (χ3n) is 5.48. The number of hydrogen-bond acceptors (Lipinski definition) is 8. The van der Waals surface area contributed by atoms with E-state index in [2.05, 4.69) is 25.6 Å². The molecule has 0 aliphatic heterocycles. The molecule has 1 unspecified atom stereocenters. The van der Waals surface area contributed by atoms with Gasteiger partial charge in [0.2, 0.25) is 17.8 Å². The molecule has 31 heavy (non-hydrogen) atoms. The Labute approximate surface area is 190 Å². The first-order chi connectivity index (χ1) is 14.9. The van der Waals surface area contributed by atoms with Gasteiger partial charge in [0.1, 0.15) is 5.75 Å². The van der Waals surface area contributed by atoms with Gasteiger partial charge >= 0.3 is 0 Å². The maximum atomic E-state index is 6.27. The average Bonchev–Trinajstić information content (AvgIpc) is 3.00. The van der Waals surface area contributed by atoms with E-state index < -0.39 is 0 Å². The summed E-state index contributed by atoms with van der Waals surface area (Å²) in [7, 11) is 3.57. The number of nitrogens with two attached hydrogens (primary N) is 1. The lowest BCUT2D eigenvalue weighted by atomic mass is 10.1. The van der Waals surface area contributed by atoms with Crippen molar-refractivity contribution >= 4 is 35.1 Å². The predicted molar refractivity (Wildman–Crippen MR) is 128 cm³/mol. The molecule has 4 N–H and O–H groups in total. The summed E-state index contributed by atoms with van der Waals surface area (Å²) in [6.07, 6.45) is 8.19. The van der Waals surface area contributed by atoms with E-state index in [0.29, 0.717) is 34.7 Å². The number of halogens is 1. The van der Waals surface area contributed by atoms with Crippen LogP contribution in [0.1, 0.15) is 51.9 Å². The summed E-state index contributed by atoms with van der Waals surface area (Å²) in [6, 6.07) is 5.99. The van der Waals surface area contributed by atoms with E-state index in [1.807, 2.05) is 31.0 Å². The highest BCUT2D eigenvalue weighted by atomic mass is 35.5. The molecular formula is C22H34ClN7O. The SMILES string of the molecule is COc1ccc(Nc2nc(NC3CCCCCC3)nc(N(C)CCC(C)N)n2)cc1Cl. The summed E-state index contributed by atoms with van der Waals surface area (Å²) in [5, 5.41) is 7.31. The standard InChI is InChI=1S/C22H34ClN7O/c1-15(24)12-13-30(2)22-28-20(25-16-8-6-4-5-7-9-16)27-21(29-22)26-17-10-11-19(31-3)18(23)14-17/h10-11,14-16H,4-9,12-13,24H2,1-3H3,(H2,25,26,27,28,29). The third-order valence-corrected chi connectivity index (χ3v) is 5.78. The highest BCUT2D eigenvalue weighted by Crippen LogP contribution is 2.29. The third kappa shape index (κ3) is 7.11. The first kappa shape index (κ1) is 23.3. The monoisotopic (exact) mass is 447 g/mol. The van der Waals surface area contributed by atoms with Crippen LogP contribution in [0.3, 0.4) is 0 Å². The second-order valence-electron chi connectivity index (χ2n) is 8.28. The van der Waals surface area contributed by atoms with Gasteiger partial charge in [-0.1, -0.05) is 37.3 Å². The Hall–Kier alpha value is -2.32. The van der Waals surface area contributed by atoms with Gasteiger partial charge in [-0.2, -0.15) is 15.0 Å². The van der Waals surface area contributed by atoms with Gasteiger partial charge in [-0.25, -0.2) is 0 Å². The fourth-order valence-electron chi connectivity index (χ4n) is 3.63. The van der Waals surface area contributed by atoms with Crippen LogP contribution in [0.2, 0.25) is 5.02 Å². The van der Waals surface area contributed by atoms with Crippen molar-refractivity contribution < 1.29 is 4.74 Å². The van der Waals surface area contributed by atoms with Crippen LogP contribution in [0.5, 0.6) is 5.75 Å². The smallest absolute Gasteiger partial charge is 0.233 e. The topological polar surface area (TPSA) is 101 Å². The maximum absolute atomic E-state index is 6.27. The van der Waals surface area contributed by atoms with Crippen molar-refractivity contribution in [3.8, 4) is 5.75 Å². The van der Waals surface area contributed by atoms with E-state index in [9.17, 15) is 0 Å². The van der Waals surface area contributed by atoms with Crippen molar-refractivity contribution in [2.45, 2.75) is 64.0 Å². The van der Waals surface area contributed by atoms with Gasteiger partial charge in [-0.3, -0.25) is 0 Å². The molecule has 1 saturated carbocycles. The molecule has 1 aliphatic carbocycles. The van der Waals surface area contributed by atoms with Crippen molar-refractivity contribution in [3.05, 3.63) is 23.2 Å². The lowest BCUT2D eigenvalue weighted by molar-refractivity contribution is 0.415. The zero-order valence-corrected chi connectivity index (χ0v) is 19.5. The molecule has 1 aromatic carbocycles. The molecule has 3 rings (SSSR count). The number of nitrogens with zero attached hydrogens (tertiary/aromatic N) is 4. The molecule has 1 aromatic heterocycles. The Bertz CT molecular complexity index is 841. The van der Waals surface area contributed by atoms with Crippen molar-refractivity contribution in [2.75, 3.05) is 36.2 Å². The van der Waals surface area contributed by atoms with Crippen molar-refractivity contribution in [1.82, 2.24) is 15.0 Å². The Morgan fingerprint density at radius 1 is 1.16 bits per heavy atom. The van der Waals surface area contributed by atoms with Gasteiger partial charge in [0.15, 0.2) is 0 Å². The van der Waals surface area contributed by atoms with E-state index in [1.54, 1.807) is 13.2 Å². The quantitative estimate of drug-likeness (QED) is 0.480. The molecule has 0 amide bonds. The molecule has 1 heterocycles. The van der Waals surface area contributed by atoms with Gasteiger partial charge in [-0.15, -0.1) is 0 Å². The zero-order valence-electron chi connectivity index (χ0n) is 18.7. The van der Waals surface area contributed by atoms with Crippen LogP contribution >= 0.6 is 11.6 Å². The minimum Gasteiger partial charge on any atom is -0.495 e. The average molecular weight is 448 g/mol. The van der Waals surface area contributed by atoms with Crippen LogP contribution in [-0.2, 0) is 0 Å². The predicted octanol–water partition coefficient (Wildman–Crippen LogP) is 4.59.